The van der Waals surface area contributed by atoms with E-state index in [0.717, 1.165) is 38.5 Å². The van der Waals surface area contributed by atoms with Crippen LogP contribution in [-0.4, -0.2) is 70.0 Å². The number of hydrogen-bond acceptors (Lipinski definition) is 8. The largest absolute Gasteiger partial charge is 0.756 e. The van der Waals surface area contributed by atoms with Gasteiger partial charge in [-0.1, -0.05) is 173 Å². The van der Waals surface area contributed by atoms with Crippen molar-refractivity contribution in [3.05, 3.63) is 24.3 Å². The summed E-state index contributed by atoms with van der Waals surface area (Å²) in [6.45, 7) is 4.21. The van der Waals surface area contributed by atoms with Crippen LogP contribution < -0.4 is 4.89 Å². The number of allylic oxidation sites excluding steroid dienone is 4. The van der Waals surface area contributed by atoms with Gasteiger partial charge in [-0.3, -0.25) is 14.2 Å². The van der Waals surface area contributed by atoms with Crippen molar-refractivity contribution >= 4 is 19.8 Å². The molecule has 0 aliphatic heterocycles. The Morgan fingerprint density at radius 1 is 0.517 bits per heavy atom. The first-order valence-electron chi connectivity index (χ1n) is 24.0. The number of phosphoric acid groups is 1. The molecule has 0 rings (SSSR count). The van der Waals surface area contributed by atoms with Crippen molar-refractivity contribution in [2.75, 3.05) is 47.5 Å². The molecule has 0 N–H and O–H groups in total. The number of quaternary nitrogens is 1. The SMILES string of the molecule is CCCC/C=C/CCCCCCCCCCCC(=O)O[C@H](COC(=O)CCCCCCCCCCC/C=C/CCCCCCCC)COP(=O)([O-])OCC[N+](C)(C)C. The van der Waals surface area contributed by atoms with Crippen LogP contribution in [-0.2, 0) is 32.7 Å². The molecule has 0 aromatic rings. The molecule has 58 heavy (non-hydrogen) atoms. The Bertz CT molecular complexity index is 1040. The molecule has 0 aliphatic carbocycles. The van der Waals surface area contributed by atoms with E-state index >= 15 is 0 Å². The van der Waals surface area contributed by atoms with Crippen molar-refractivity contribution in [2.24, 2.45) is 0 Å². The summed E-state index contributed by atoms with van der Waals surface area (Å²) < 4.78 is 34.0. The maximum Gasteiger partial charge on any atom is 0.306 e. The van der Waals surface area contributed by atoms with Crippen molar-refractivity contribution in [1.29, 1.82) is 0 Å². The van der Waals surface area contributed by atoms with Crippen molar-refractivity contribution in [2.45, 2.75) is 225 Å². The fourth-order valence-corrected chi connectivity index (χ4v) is 7.36. The predicted molar refractivity (Wildman–Crippen MR) is 241 cm³/mol. The average molecular weight is 842 g/mol. The smallest absolute Gasteiger partial charge is 0.306 e. The molecule has 342 valence electrons. The average Bonchev–Trinajstić information content (AvgIpc) is 3.17. The number of rotatable bonds is 44. The zero-order valence-corrected chi connectivity index (χ0v) is 39.4. The number of hydrogen-bond donors (Lipinski definition) is 0. The van der Waals surface area contributed by atoms with Crippen LogP contribution in [0.5, 0.6) is 0 Å². The number of likely N-dealkylation sites (N-methyl/N-ethyl adjacent to an activating group) is 1. The molecule has 0 spiro atoms. The third kappa shape index (κ3) is 44.1. The summed E-state index contributed by atoms with van der Waals surface area (Å²) in [4.78, 5) is 37.6. The van der Waals surface area contributed by atoms with Gasteiger partial charge in [-0.25, -0.2) is 0 Å². The number of nitrogens with zero attached hydrogens (tertiary/aromatic N) is 1. The fraction of sp³-hybridized carbons (Fsp3) is 0.875. The van der Waals surface area contributed by atoms with Gasteiger partial charge in [0.1, 0.15) is 19.8 Å². The summed E-state index contributed by atoms with van der Waals surface area (Å²) >= 11 is 0. The second kappa shape index (κ2) is 40.9. The Morgan fingerprint density at radius 2 is 0.897 bits per heavy atom. The number of carbonyl (C=O) groups excluding carboxylic acids is 2. The lowest BCUT2D eigenvalue weighted by atomic mass is 10.1. The Balaban J connectivity index is 4.27. The Hall–Kier alpha value is -1.51. The normalized spacial score (nSPS) is 13.7. The summed E-state index contributed by atoms with van der Waals surface area (Å²) in [7, 11) is 1.17. The molecular formula is C48H92NO8P. The van der Waals surface area contributed by atoms with E-state index in [-0.39, 0.29) is 32.0 Å². The number of unbranched alkanes of at least 4 members (excludes halogenated alkanes) is 26. The second-order valence-corrected chi connectivity index (χ2v) is 18.9. The topological polar surface area (TPSA) is 111 Å². The number of ether oxygens (including phenoxy) is 2. The van der Waals surface area contributed by atoms with Crippen LogP contribution in [0.15, 0.2) is 24.3 Å². The molecule has 2 atom stereocenters. The van der Waals surface area contributed by atoms with E-state index in [1.54, 1.807) is 0 Å². The van der Waals surface area contributed by atoms with Crippen LogP contribution in [0.3, 0.4) is 0 Å². The highest BCUT2D eigenvalue weighted by molar-refractivity contribution is 7.45. The third-order valence-corrected chi connectivity index (χ3v) is 11.4. The molecule has 0 saturated heterocycles. The lowest BCUT2D eigenvalue weighted by Crippen LogP contribution is -2.37. The summed E-state index contributed by atoms with van der Waals surface area (Å²) in [5.41, 5.74) is 0. The third-order valence-electron chi connectivity index (χ3n) is 10.4. The van der Waals surface area contributed by atoms with E-state index in [0.29, 0.717) is 17.4 Å². The lowest BCUT2D eigenvalue weighted by molar-refractivity contribution is -0.870. The van der Waals surface area contributed by atoms with E-state index in [1.165, 1.54) is 148 Å². The Labute approximate surface area is 358 Å². The van der Waals surface area contributed by atoms with Crippen LogP contribution >= 0.6 is 7.82 Å². The maximum atomic E-state index is 12.7. The van der Waals surface area contributed by atoms with Gasteiger partial charge in [-0.2, -0.15) is 0 Å². The fourth-order valence-electron chi connectivity index (χ4n) is 6.63. The van der Waals surface area contributed by atoms with Gasteiger partial charge in [0, 0.05) is 12.8 Å². The van der Waals surface area contributed by atoms with Crippen molar-refractivity contribution in [3.63, 3.8) is 0 Å². The molecule has 0 fully saturated rings. The minimum Gasteiger partial charge on any atom is -0.756 e. The van der Waals surface area contributed by atoms with Gasteiger partial charge >= 0.3 is 11.9 Å². The molecule has 0 saturated carbocycles. The standard InChI is InChI=1S/C48H92NO8P/c1-6-8-10-12-14-16-18-20-22-23-24-25-27-28-30-32-34-36-38-40-47(50)54-44-46(45-56-58(52,53)55-43-42-49(3,4)5)57-48(51)41-39-37-35-33-31-29-26-21-19-17-15-13-11-9-7-2/h13,15,20,22,46H,6-12,14,16-19,21,23-45H2,1-5H3/b15-13+,22-20+/t46-/m1/s1. The molecule has 0 amide bonds. The predicted octanol–water partition coefficient (Wildman–Crippen LogP) is 13.3. The summed E-state index contributed by atoms with van der Waals surface area (Å²) in [5, 5.41) is 0. The molecule has 0 bridgehead atoms. The first-order valence-corrected chi connectivity index (χ1v) is 25.5. The van der Waals surface area contributed by atoms with Crippen LogP contribution in [0.25, 0.3) is 0 Å². The molecule has 0 heterocycles. The summed E-state index contributed by atoms with van der Waals surface area (Å²) in [6, 6.07) is 0. The second-order valence-electron chi connectivity index (χ2n) is 17.5. The van der Waals surface area contributed by atoms with Gasteiger partial charge in [0.25, 0.3) is 7.82 Å². The van der Waals surface area contributed by atoms with E-state index < -0.39 is 26.5 Å². The lowest BCUT2D eigenvalue weighted by Gasteiger charge is -2.28. The molecule has 1 unspecified atom stereocenters. The molecule has 0 aromatic carbocycles. The van der Waals surface area contributed by atoms with Gasteiger partial charge in [0.05, 0.1) is 27.7 Å². The van der Waals surface area contributed by atoms with Crippen molar-refractivity contribution < 1.29 is 42.1 Å². The number of carbonyl (C=O) groups is 2. The molecule has 9 nitrogen and oxygen atoms in total. The maximum absolute atomic E-state index is 12.7. The van der Waals surface area contributed by atoms with Crippen LogP contribution in [0.2, 0.25) is 0 Å². The van der Waals surface area contributed by atoms with E-state index in [9.17, 15) is 19.0 Å². The molecule has 0 aliphatic rings. The van der Waals surface area contributed by atoms with E-state index in [4.69, 9.17) is 18.5 Å². The molecule has 10 heteroatoms. The van der Waals surface area contributed by atoms with Gasteiger partial charge in [0.2, 0.25) is 0 Å². The highest BCUT2D eigenvalue weighted by Crippen LogP contribution is 2.38. The van der Waals surface area contributed by atoms with Gasteiger partial charge < -0.3 is 27.9 Å². The van der Waals surface area contributed by atoms with Crippen molar-refractivity contribution in [3.8, 4) is 0 Å². The first-order chi connectivity index (χ1) is 28.0. The number of phosphoric ester groups is 1. The quantitative estimate of drug-likeness (QED) is 0.0196. The van der Waals surface area contributed by atoms with Crippen LogP contribution in [0.1, 0.15) is 219 Å². The van der Waals surface area contributed by atoms with Gasteiger partial charge in [0.15, 0.2) is 6.10 Å². The van der Waals surface area contributed by atoms with E-state index in [1.807, 2.05) is 21.1 Å². The van der Waals surface area contributed by atoms with Crippen molar-refractivity contribution in [1.82, 2.24) is 0 Å². The van der Waals surface area contributed by atoms with Gasteiger partial charge in [-0.15, -0.1) is 0 Å². The Morgan fingerprint density at radius 3 is 1.33 bits per heavy atom. The van der Waals surface area contributed by atoms with Crippen LogP contribution in [0.4, 0.5) is 0 Å². The zero-order valence-electron chi connectivity index (χ0n) is 38.5. The zero-order chi connectivity index (χ0) is 42.8. The highest BCUT2D eigenvalue weighted by Gasteiger charge is 2.21. The minimum absolute atomic E-state index is 0.0300. The van der Waals surface area contributed by atoms with Gasteiger partial charge in [-0.05, 0) is 57.8 Å². The van der Waals surface area contributed by atoms with E-state index in [2.05, 4.69) is 38.2 Å². The monoisotopic (exact) mass is 842 g/mol. The number of esters is 2. The first kappa shape index (κ1) is 56.5. The summed E-state index contributed by atoms with van der Waals surface area (Å²) in [6.07, 6.45) is 44.8. The molecule has 0 radical (unpaired) electrons. The molecular weight excluding hydrogens is 750 g/mol. The minimum atomic E-state index is -4.62. The Kier molecular flexibility index (Phi) is 39.8. The highest BCUT2D eigenvalue weighted by atomic mass is 31.2. The molecule has 0 aromatic heterocycles. The van der Waals surface area contributed by atoms with Crippen LogP contribution in [0, 0.1) is 0 Å². The summed E-state index contributed by atoms with van der Waals surface area (Å²) in [5.74, 6) is -0.832.